The lowest BCUT2D eigenvalue weighted by Gasteiger charge is -2.00. The third kappa shape index (κ3) is 3.29. The molecule has 5 aromatic carbocycles. The highest BCUT2D eigenvalue weighted by molar-refractivity contribution is 6.12. The van der Waals surface area contributed by atoms with Crippen LogP contribution in [-0.4, -0.2) is 4.98 Å². The molecule has 0 saturated carbocycles. The highest BCUT2D eigenvalue weighted by atomic mass is 16.3. The minimum atomic E-state index is 0.928. The lowest BCUT2D eigenvalue weighted by Crippen LogP contribution is -1.78. The zero-order valence-electron chi connectivity index (χ0n) is 18.9. The van der Waals surface area contributed by atoms with Crippen LogP contribution in [0, 0.1) is 0 Å². The van der Waals surface area contributed by atoms with E-state index in [2.05, 4.69) is 65.6 Å². The first kappa shape index (κ1) is 19.7. The Bertz CT molecular complexity index is 1890. The van der Waals surface area contributed by atoms with Crippen molar-refractivity contribution in [3.8, 4) is 11.3 Å². The van der Waals surface area contributed by atoms with Gasteiger partial charge >= 0.3 is 0 Å². The molecular weight excluding hydrogens is 430 g/mol. The van der Waals surface area contributed by atoms with E-state index in [4.69, 9.17) is 8.83 Å². The summed E-state index contributed by atoms with van der Waals surface area (Å²) >= 11 is 0. The van der Waals surface area contributed by atoms with Crippen LogP contribution in [0.4, 0.5) is 0 Å². The molecule has 1 N–H and O–H groups in total. The zero-order chi connectivity index (χ0) is 23.2. The standard InChI is InChI=1S/C20H13NO.C12H8O/c1-3-9-16-13(6-1)12-17(21-16)14-8-5-11-19-20(14)15-7-2-4-10-18(15)22-19;1-3-7-11-9(5-1)10-6-2-4-8-12(10)13-11/h1-12,21H;1-8H. The number of H-pyrrole nitrogens is 1. The van der Waals surface area contributed by atoms with Crippen molar-refractivity contribution in [2.45, 2.75) is 0 Å². The van der Waals surface area contributed by atoms with Crippen molar-refractivity contribution in [3.05, 3.63) is 121 Å². The molecule has 0 fully saturated rings. The topological polar surface area (TPSA) is 42.1 Å². The molecule has 0 atom stereocenters. The van der Waals surface area contributed by atoms with E-state index in [-0.39, 0.29) is 0 Å². The largest absolute Gasteiger partial charge is 0.456 e. The van der Waals surface area contributed by atoms with Gasteiger partial charge in [0, 0.05) is 43.7 Å². The molecule has 0 unspecified atom stereocenters. The second kappa shape index (κ2) is 7.93. The molecule has 35 heavy (non-hydrogen) atoms. The zero-order valence-corrected chi connectivity index (χ0v) is 18.9. The van der Waals surface area contributed by atoms with Gasteiger partial charge < -0.3 is 13.8 Å². The van der Waals surface area contributed by atoms with Gasteiger partial charge in [0.2, 0.25) is 0 Å². The summed E-state index contributed by atoms with van der Waals surface area (Å²) in [6, 6.07) is 41.2. The number of nitrogens with one attached hydrogen (secondary N) is 1. The molecule has 0 spiro atoms. The number of fused-ring (bicyclic) bond motifs is 7. The van der Waals surface area contributed by atoms with Crippen LogP contribution in [-0.2, 0) is 0 Å². The van der Waals surface area contributed by atoms with Gasteiger partial charge in [-0.1, -0.05) is 84.9 Å². The second-order valence-electron chi connectivity index (χ2n) is 8.64. The fourth-order valence-corrected chi connectivity index (χ4v) is 4.89. The lowest BCUT2D eigenvalue weighted by atomic mass is 10.0. The van der Waals surface area contributed by atoms with Gasteiger partial charge in [0.05, 0.1) is 0 Å². The molecule has 166 valence electrons. The molecule has 3 heterocycles. The Kier molecular flexibility index (Phi) is 4.46. The van der Waals surface area contributed by atoms with E-state index < -0.39 is 0 Å². The van der Waals surface area contributed by atoms with Gasteiger partial charge in [-0.3, -0.25) is 0 Å². The molecule has 3 aromatic heterocycles. The Balaban J connectivity index is 0.000000137. The number of aromatic nitrogens is 1. The highest BCUT2D eigenvalue weighted by Gasteiger charge is 2.13. The fourth-order valence-electron chi connectivity index (χ4n) is 4.89. The molecule has 0 amide bonds. The Hall–Kier alpha value is -4.76. The number of benzene rings is 5. The first-order chi connectivity index (χ1) is 17.3. The number of aromatic amines is 1. The Morgan fingerprint density at radius 1 is 0.457 bits per heavy atom. The summed E-state index contributed by atoms with van der Waals surface area (Å²) in [6.45, 7) is 0. The summed E-state index contributed by atoms with van der Waals surface area (Å²) in [5.41, 5.74) is 7.24. The average molecular weight is 452 g/mol. The Morgan fingerprint density at radius 2 is 1.00 bits per heavy atom. The quantitative estimate of drug-likeness (QED) is 0.270. The maximum absolute atomic E-state index is 5.97. The van der Waals surface area contributed by atoms with E-state index in [1.54, 1.807) is 0 Å². The van der Waals surface area contributed by atoms with Crippen molar-refractivity contribution in [1.29, 1.82) is 0 Å². The van der Waals surface area contributed by atoms with Crippen LogP contribution < -0.4 is 0 Å². The van der Waals surface area contributed by atoms with Crippen LogP contribution in [0.15, 0.2) is 130 Å². The molecule has 8 rings (SSSR count). The average Bonchev–Trinajstić information content (AvgIpc) is 3.61. The summed E-state index contributed by atoms with van der Waals surface area (Å²) < 4.78 is 11.6. The molecular formula is C32H21NO2. The fraction of sp³-hybridized carbons (Fsp3) is 0. The van der Waals surface area contributed by atoms with E-state index in [9.17, 15) is 0 Å². The van der Waals surface area contributed by atoms with Crippen molar-refractivity contribution in [1.82, 2.24) is 4.98 Å². The normalized spacial score (nSPS) is 11.4. The smallest absolute Gasteiger partial charge is 0.136 e. The summed E-state index contributed by atoms with van der Waals surface area (Å²) in [5.74, 6) is 0. The third-order valence-corrected chi connectivity index (χ3v) is 6.51. The van der Waals surface area contributed by atoms with Crippen LogP contribution in [0.3, 0.4) is 0 Å². The monoisotopic (exact) mass is 451 g/mol. The second-order valence-corrected chi connectivity index (χ2v) is 8.64. The van der Waals surface area contributed by atoms with Gasteiger partial charge in [0.15, 0.2) is 0 Å². The molecule has 0 aliphatic rings. The van der Waals surface area contributed by atoms with E-state index >= 15 is 0 Å². The Morgan fingerprint density at radius 3 is 1.71 bits per heavy atom. The van der Waals surface area contributed by atoms with Crippen molar-refractivity contribution >= 4 is 54.8 Å². The van der Waals surface area contributed by atoms with Crippen LogP contribution in [0.1, 0.15) is 0 Å². The summed E-state index contributed by atoms with van der Waals surface area (Å²) in [6.07, 6.45) is 0. The van der Waals surface area contributed by atoms with Crippen molar-refractivity contribution in [3.63, 3.8) is 0 Å². The van der Waals surface area contributed by atoms with Gasteiger partial charge in [-0.15, -0.1) is 0 Å². The number of hydrogen-bond donors (Lipinski definition) is 1. The van der Waals surface area contributed by atoms with E-state index in [1.165, 1.54) is 27.1 Å². The van der Waals surface area contributed by atoms with Crippen molar-refractivity contribution in [2.75, 3.05) is 0 Å². The number of hydrogen-bond acceptors (Lipinski definition) is 2. The van der Waals surface area contributed by atoms with Crippen LogP contribution in [0.5, 0.6) is 0 Å². The predicted molar refractivity (Wildman–Crippen MR) is 145 cm³/mol. The minimum Gasteiger partial charge on any atom is -0.456 e. The van der Waals surface area contributed by atoms with Gasteiger partial charge in [0.1, 0.15) is 22.3 Å². The van der Waals surface area contributed by atoms with Gasteiger partial charge in [0.25, 0.3) is 0 Å². The third-order valence-electron chi connectivity index (χ3n) is 6.51. The van der Waals surface area contributed by atoms with Gasteiger partial charge in [-0.2, -0.15) is 0 Å². The van der Waals surface area contributed by atoms with E-state index in [1.807, 2.05) is 60.7 Å². The first-order valence-corrected chi connectivity index (χ1v) is 11.7. The SMILES string of the molecule is c1ccc2[nH]c(-c3cccc4oc5ccccc5c34)cc2c1.c1ccc2c(c1)oc1ccccc12. The molecule has 0 aliphatic carbocycles. The number of rotatable bonds is 1. The summed E-state index contributed by atoms with van der Waals surface area (Å²) in [4.78, 5) is 3.52. The molecule has 0 radical (unpaired) electrons. The van der Waals surface area contributed by atoms with Crippen molar-refractivity contribution < 1.29 is 8.83 Å². The number of para-hydroxylation sites is 4. The first-order valence-electron chi connectivity index (χ1n) is 11.7. The lowest BCUT2D eigenvalue weighted by molar-refractivity contribution is 0.668. The van der Waals surface area contributed by atoms with E-state index in [0.29, 0.717) is 0 Å². The molecule has 0 aliphatic heterocycles. The molecule has 3 nitrogen and oxygen atoms in total. The van der Waals surface area contributed by atoms with Crippen LogP contribution in [0.2, 0.25) is 0 Å². The van der Waals surface area contributed by atoms with E-state index in [0.717, 1.165) is 38.9 Å². The molecule has 0 saturated heterocycles. The van der Waals surface area contributed by atoms with Crippen LogP contribution >= 0.6 is 0 Å². The minimum absolute atomic E-state index is 0.928. The Labute approximate surface area is 201 Å². The molecule has 0 bridgehead atoms. The van der Waals surface area contributed by atoms with Crippen molar-refractivity contribution in [2.24, 2.45) is 0 Å². The molecule has 3 heteroatoms. The predicted octanol–water partition coefficient (Wildman–Crippen LogP) is 9.32. The van der Waals surface area contributed by atoms with Gasteiger partial charge in [-0.25, -0.2) is 0 Å². The number of furan rings is 2. The van der Waals surface area contributed by atoms with Crippen LogP contribution in [0.25, 0.3) is 66.0 Å². The molecule has 8 aromatic rings. The maximum atomic E-state index is 5.97. The summed E-state index contributed by atoms with van der Waals surface area (Å²) in [5, 5.41) is 5.94. The van der Waals surface area contributed by atoms with Gasteiger partial charge in [-0.05, 0) is 36.4 Å². The maximum Gasteiger partial charge on any atom is 0.136 e. The highest BCUT2D eigenvalue weighted by Crippen LogP contribution is 2.37. The summed E-state index contributed by atoms with van der Waals surface area (Å²) in [7, 11) is 0.